The number of carbonyl (C=O) groups is 1. The lowest BCUT2D eigenvalue weighted by atomic mass is 10.2. The van der Waals surface area contributed by atoms with Crippen LogP contribution >= 0.6 is 11.7 Å². The van der Waals surface area contributed by atoms with Gasteiger partial charge >= 0.3 is 0 Å². The average molecular weight is 292 g/mol. The lowest BCUT2D eigenvalue weighted by molar-refractivity contribution is 0.0745. The quantitative estimate of drug-likeness (QED) is 0.843. The highest BCUT2D eigenvalue weighted by atomic mass is 32.1. The maximum Gasteiger partial charge on any atom is 0.257 e. The van der Waals surface area contributed by atoms with Crippen molar-refractivity contribution in [1.82, 2.24) is 13.6 Å². The number of aromatic nitrogens is 2. The zero-order valence-corrected chi connectivity index (χ0v) is 12.3. The third-order valence-corrected chi connectivity index (χ3v) is 3.98. The summed E-state index contributed by atoms with van der Waals surface area (Å²) in [5, 5.41) is 0. The van der Waals surface area contributed by atoms with Gasteiger partial charge in [0.15, 0.2) is 5.82 Å². The van der Waals surface area contributed by atoms with Crippen LogP contribution in [0.3, 0.4) is 0 Å². The van der Waals surface area contributed by atoms with Crippen molar-refractivity contribution >= 4 is 23.5 Å². The number of amides is 1. The number of aryl methyl sites for hydroxylation is 2. The van der Waals surface area contributed by atoms with E-state index in [2.05, 4.69) is 13.6 Å². The normalized spacial score (nSPS) is 15.7. The number of furan rings is 1. The van der Waals surface area contributed by atoms with E-state index in [0.717, 1.165) is 24.7 Å². The van der Waals surface area contributed by atoms with E-state index < -0.39 is 0 Å². The second-order valence-electron chi connectivity index (χ2n) is 4.87. The summed E-state index contributed by atoms with van der Waals surface area (Å²) in [7, 11) is 0. The first-order valence-electron chi connectivity index (χ1n) is 6.54. The van der Waals surface area contributed by atoms with Gasteiger partial charge in [-0.05, 0) is 19.9 Å². The molecule has 0 aromatic carbocycles. The summed E-state index contributed by atoms with van der Waals surface area (Å²) >= 11 is 1.21. The Bertz CT molecular complexity index is 600. The van der Waals surface area contributed by atoms with Gasteiger partial charge in [-0.2, -0.15) is 8.75 Å². The van der Waals surface area contributed by atoms with Gasteiger partial charge < -0.3 is 14.2 Å². The average Bonchev–Trinajstić information content (AvgIpc) is 3.08. The molecule has 0 bridgehead atoms. The van der Waals surface area contributed by atoms with E-state index >= 15 is 0 Å². The molecule has 2 aromatic rings. The SMILES string of the molecule is Cc1cc(C(=O)N2CCN(c3cnsn3)CC2)c(C)o1. The topological polar surface area (TPSA) is 62.5 Å². The minimum atomic E-state index is 0.0513. The van der Waals surface area contributed by atoms with Crippen LogP contribution in [0.4, 0.5) is 5.82 Å². The first-order chi connectivity index (χ1) is 9.65. The molecule has 0 atom stereocenters. The van der Waals surface area contributed by atoms with Gasteiger partial charge in [0.05, 0.1) is 23.5 Å². The number of hydrogen-bond acceptors (Lipinski definition) is 6. The fraction of sp³-hybridized carbons (Fsp3) is 0.462. The van der Waals surface area contributed by atoms with E-state index in [1.807, 2.05) is 24.8 Å². The van der Waals surface area contributed by atoms with Gasteiger partial charge in [-0.25, -0.2) is 0 Å². The molecule has 106 valence electrons. The van der Waals surface area contributed by atoms with E-state index in [4.69, 9.17) is 4.42 Å². The summed E-state index contributed by atoms with van der Waals surface area (Å²) in [4.78, 5) is 16.5. The van der Waals surface area contributed by atoms with E-state index in [1.165, 1.54) is 11.7 Å². The number of nitrogens with zero attached hydrogens (tertiary/aromatic N) is 4. The van der Waals surface area contributed by atoms with Crippen molar-refractivity contribution in [2.45, 2.75) is 13.8 Å². The van der Waals surface area contributed by atoms with Crippen molar-refractivity contribution in [2.24, 2.45) is 0 Å². The molecule has 0 N–H and O–H groups in total. The van der Waals surface area contributed by atoms with Crippen molar-refractivity contribution in [3.63, 3.8) is 0 Å². The third-order valence-electron chi connectivity index (χ3n) is 3.51. The molecule has 3 rings (SSSR count). The van der Waals surface area contributed by atoms with E-state index in [-0.39, 0.29) is 5.91 Å². The standard InChI is InChI=1S/C13H16N4O2S/c1-9-7-11(10(2)19-9)13(18)17-5-3-16(4-6-17)12-8-14-20-15-12/h7-8H,3-6H2,1-2H3. The largest absolute Gasteiger partial charge is 0.466 e. The van der Waals surface area contributed by atoms with Crippen LogP contribution in [0.1, 0.15) is 21.9 Å². The molecule has 7 heteroatoms. The van der Waals surface area contributed by atoms with Gasteiger partial charge in [-0.3, -0.25) is 4.79 Å². The molecule has 6 nitrogen and oxygen atoms in total. The fourth-order valence-corrected chi connectivity index (χ4v) is 2.89. The van der Waals surface area contributed by atoms with Gasteiger partial charge in [0.25, 0.3) is 5.91 Å². The molecule has 1 saturated heterocycles. The molecule has 0 aliphatic carbocycles. The highest BCUT2D eigenvalue weighted by molar-refractivity contribution is 6.99. The number of rotatable bonds is 2. The van der Waals surface area contributed by atoms with E-state index in [1.54, 1.807) is 6.20 Å². The number of hydrogen-bond donors (Lipinski definition) is 0. The second-order valence-corrected chi connectivity index (χ2v) is 5.43. The van der Waals surface area contributed by atoms with Crippen LogP contribution in [0.15, 0.2) is 16.7 Å². The fourth-order valence-electron chi connectivity index (χ4n) is 2.45. The number of carbonyl (C=O) groups excluding carboxylic acids is 1. The molecule has 0 saturated carbocycles. The Morgan fingerprint density at radius 2 is 2.05 bits per heavy atom. The smallest absolute Gasteiger partial charge is 0.257 e. The van der Waals surface area contributed by atoms with E-state index in [0.29, 0.717) is 24.4 Å². The lowest BCUT2D eigenvalue weighted by Crippen LogP contribution is -2.49. The summed E-state index contributed by atoms with van der Waals surface area (Å²) in [5.74, 6) is 2.42. The van der Waals surface area contributed by atoms with Crippen LogP contribution in [0.2, 0.25) is 0 Å². The number of anilines is 1. The molecular formula is C13H16N4O2S. The molecule has 0 unspecified atom stereocenters. The minimum Gasteiger partial charge on any atom is -0.466 e. The lowest BCUT2D eigenvalue weighted by Gasteiger charge is -2.34. The van der Waals surface area contributed by atoms with Gasteiger partial charge in [0.1, 0.15) is 11.5 Å². The van der Waals surface area contributed by atoms with Crippen LogP contribution in [0.25, 0.3) is 0 Å². The Kier molecular flexibility index (Phi) is 3.43. The van der Waals surface area contributed by atoms with Crippen molar-refractivity contribution in [3.05, 3.63) is 29.3 Å². The first kappa shape index (κ1) is 13.1. The number of piperazine rings is 1. The molecule has 1 aliphatic heterocycles. The molecule has 1 fully saturated rings. The van der Waals surface area contributed by atoms with Gasteiger partial charge in [-0.15, -0.1) is 0 Å². The summed E-state index contributed by atoms with van der Waals surface area (Å²) in [6.07, 6.45) is 1.77. The molecule has 1 aliphatic rings. The summed E-state index contributed by atoms with van der Waals surface area (Å²) in [6.45, 7) is 6.65. The van der Waals surface area contributed by atoms with Crippen LogP contribution in [0, 0.1) is 13.8 Å². The third kappa shape index (κ3) is 2.40. The Hall–Kier alpha value is -1.89. The van der Waals surface area contributed by atoms with Gasteiger partial charge in [0.2, 0.25) is 0 Å². The maximum atomic E-state index is 12.4. The molecular weight excluding hydrogens is 276 g/mol. The molecule has 0 spiro atoms. The van der Waals surface area contributed by atoms with Gasteiger partial charge in [-0.1, -0.05) is 0 Å². The molecule has 3 heterocycles. The Labute approximate surface area is 121 Å². The highest BCUT2D eigenvalue weighted by Gasteiger charge is 2.25. The van der Waals surface area contributed by atoms with Crippen LogP contribution in [0.5, 0.6) is 0 Å². The summed E-state index contributed by atoms with van der Waals surface area (Å²) in [5.41, 5.74) is 0.672. The zero-order chi connectivity index (χ0) is 14.1. The second kappa shape index (κ2) is 5.24. The maximum absolute atomic E-state index is 12.4. The minimum absolute atomic E-state index is 0.0513. The van der Waals surface area contributed by atoms with Crippen molar-refractivity contribution in [3.8, 4) is 0 Å². The molecule has 1 amide bonds. The Morgan fingerprint density at radius 3 is 2.60 bits per heavy atom. The predicted molar refractivity (Wildman–Crippen MR) is 76.2 cm³/mol. The van der Waals surface area contributed by atoms with Crippen LogP contribution < -0.4 is 4.90 Å². The summed E-state index contributed by atoms with van der Waals surface area (Å²) < 4.78 is 13.7. The van der Waals surface area contributed by atoms with E-state index in [9.17, 15) is 4.79 Å². The Balaban J connectivity index is 1.66. The zero-order valence-electron chi connectivity index (χ0n) is 11.5. The highest BCUT2D eigenvalue weighted by Crippen LogP contribution is 2.18. The van der Waals surface area contributed by atoms with Crippen molar-refractivity contribution < 1.29 is 9.21 Å². The molecule has 2 aromatic heterocycles. The van der Waals surface area contributed by atoms with Crippen molar-refractivity contribution in [2.75, 3.05) is 31.1 Å². The van der Waals surface area contributed by atoms with Crippen LogP contribution in [-0.2, 0) is 0 Å². The predicted octanol–water partition coefficient (Wildman–Crippen LogP) is 1.71. The molecule has 0 radical (unpaired) electrons. The Morgan fingerprint density at radius 1 is 1.30 bits per heavy atom. The first-order valence-corrected chi connectivity index (χ1v) is 7.27. The summed E-state index contributed by atoms with van der Waals surface area (Å²) in [6, 6.07) is 1.81. The monoisotopic (exact) mass is 292 g/mol. The van der Waals surface area contributed by atoms with Crippen LogP contribution in [-0.4, -0.2) is 45.7 Å². The van der Waals surface area contributed by atoms with Gasteiger partial charge in [0, 0.05) is 26.2 Å². The molecule has 20 heavy (non-hydrogen) atoms. The van der Waals surface area contributed by atoms with Crippen molar-refractivity contribution in [1.29, 1.82) is 0 Å².